The fourth-order valence-corrected chi connectivity index (χ4v) is 0.624. The monoisotopic (exact) mass is 175 g/mol. The summed E-state index contributed by atoms with van der Waals surface area (Å²) < 4.78 is 1.13. The number of hydroxylamine groups is 1. The zero-order valence-electron chi connectivity index (χ0n) is 5.30. The molecule has 11 heavy (non-hydrogen) atoms. The van der Waals surface area contributed by atoms with E-state index >= 15 is 0 Å². The minimum Gasteiger partial charge on any atom is -0.289 e. The lowest BCUT2D eigenvalue weighted by Gasteiger charge is -1.96. The summed E-state index contributed by atoms with van der Waals surface area (Å²) >= 11 is 3.83. The molecule has 0 aliphatic rings. The maximum Gasteiger partial charge on any atom is 0.265 e. The van der Waals surface area contributed by atoms with E-state index in [9.17, 15) is 4.79 Å². The molecule has 0 spiro atoms. The Morgan fingerprint density at radius 3 is 3.00 bits per heavy atom. The van der Waals surface area contributed by atoms with Crippen LogP contribution in [0, 0.1) is 0 Å². The molecule has 1 aromatic rings. The van der Waals surface area contributed by atoms with Gasteiger partial charge in [-0.3, -0.25) is 10.0 Å². The first-order valence-corrected chi connectivity index (χ1v) is 3.07. The third kappa shape index (κ3) is 1.88. The molecule has 2 N–H and O–H groups in total. The molecule has 0 saturated carbocycles. The van der Waals surface area contributed by atoms with Crippen LogP contribution < -0.4 is 5.48 Å². The van der Waals surface area contributed by atoms with Crippen molar-refractivity contribution in [2.24, 2.45) is 0 Å². The third-order valence-corrected chi connectivity index (χ3v) is 1.25. The number of nitrogens with one attached hydrogen (secondary N) is 1. The van der Waals surface area contributed by atoms with Crippen LogP contribution >= 0.6 is 12.6 Å². The quantitative estimate of drug-likeness (QED) is 0.288. The van der Waals surface area contributed by atoms with E-state index in [1.807, 2.05) is 0 Å². The van der Waals surface area contributed by atoms with Gasteiger partial charge in [0.15, 0.2) is 0 Å². The first-order valence-electron chi connectivity index (χ1n) is 2.62. The highest BCUT2D eigenvalue weighted by Crippen LogP contribution is 1.95. The molecule has 1 aromatic heterocycles. The fourth-order valence-electron chi connectivity index (χ4n) is 0.474. The Balaban J connectivity index is 2.64. The predicted octanol–water partition coefficient (Wildman–Crippen LogP) is -1.53. The van der Waals surface area contributed by atoms with Crippen LogP contribution in [0.3, 0.4) is 0 Å². The van der Waals surface area contributed by atoms with Gasteiger partial charge in [-0.25, -0.2) is 10.2 Å². The highest BCUT2D eigenvalue weighted by atomic mass is 32.1. The van der Waals surface area contributed by atoms with Gasteiger partial charge in [-0.1, -0.05) is 0 Å². The van der Waals surface area contributed by atoms with Gasteiger partial charge >= 0.3 is 0 Å². The van der Waals surface area contributed by atoms with Crippen LogP contribution in [0.15, 0.2) is 5.16 Å². The molecular formula is C3H5N5O2S. The molecule has 0 radical (unpaired) electrons. The predicted molar refractivity (Wildman–Crippen MR) is 35.0 cm³/mol. The normalized spacial score (nSPS) is 9.64. The summed E-state index contributed by atoms with van der Waals surface area (Å²) in [7, 11) is 0. The number of rotatable bonds is 2. The highest BCUT2D eigenvalue weighted by molar-refractivity contribution is 7.80. The zero-order valence-corrected chi connectivity index (χ0v) is 6.19. The summed E-state index contributed by atoms with van der Waals surface area (Å²) in [6, 6.07) is 0. The average Bonchev–Trinajstić information content (AvgIpc) is 2.37. The molecule has 1 amide bonds. The summed E-state index contributed by atoms with van der Waals surface area (Å²) in [4.78, 5) is 10.5. The third-order valence-electron chi connectivity index (χ3n) is 0.931. The van der Waals surface area contributed by atoms with Crippen molar-refractivity contribution in [3.8, 4) is 0 Å². The first-order chi connectivity index (χ1) is 5.24. The average molecular weight is 175 g/mol. The fraction of sp³-hybridized carbons (Fsp3) is 0.333. The summed E-state index contributed by atoms with van der Waals surface area (Å²) in [6.45, 7) is -0.150. The number of carbonyl (C=O) groups is 1. The Bertz CT molecular complexity index is 260. The molecule has 1 rings (SSSR count). The second-order valence-electron chi connectivity index (χ2n) is 1.67. The molecule has 0 fully saturated rings. The standard InChI is InChI=1S/C3H5N5O2S/c9-2(5-10)1-8-3(11)4-6-7-8/h10H,1H2,(H,5,9)(H,4,7,11). The van der Waals surface area contributed by atoms with Crippen molar-refractivity contribution in [3.63, 3.8) is 0 Å². The molecule has 0 aromatic carbocycles. The number of tetrazole rings is 1. The van der Waals surface area contributed by atoms with Gasteiger partial charge in [0.1, 0.15) is 6.54 Å². The number of hydrogen-bond donors (Lipinski definition) is 3. The van der Waals surface area contributed by atoms with Gasteiger partial charge in [-0.2, -0.15) is 0 Å². The molecular weight excluding hydrogens is 170 g/mol. The number of carbonyl (C=O) groups excluding carboxylic acids is 1. The first kappa shape index (κ1) is 7.95. The molecule has 0 atom stereocenters. The van der Waals surface area contributed by atoms with Crippen molar-refractivity contribution in [2.45, 2.75) is 11.7 Å². The summed E-state index contributed by atoms with van der Waals surface area (Å²) in [5, 5.41) is 18.4. The molecule has 0 aliphatic carbocycles. The summed E-state index contributed by atoms with van der Waals surface area (Å²) in [5.41, 5.74) is 1.44. The van der Waals surface area contributed by atoms with E-state index in [0.717, 1.165) is 4.68 Å². The van der Waals surface area contributed by atoms with Crippen LogP contribution in [0.4, 0.5) is 0 Å². The highest BCUT2D eigenvalue weighted by Gasteiger charge is 2.05. The molecule has 1 heterocycles. The van der Waals surface area contributed by atoms with Crippen molar-refractivity contribution in [3.05, 3.63) is 0 Å². The van der Waals surface area contributed by atoms with Gasteiger partial charge in [0.25, 0.3) is 5.91 Å². The van der Waals surface area contributed by atoms with Crippen LogP contribution in [0.5, 0.6) is 0 Å². The molecule has 0 aliphatic heterocycles. The molecule has 0 saturated heterocycles. The van der Waals surface area contributed by atoms with Gasteiger partial charge in [0.2, 0.25) is 5.16 Å². The van der Waals surface area contributed by atoms with Crippen LogP contribution in [-0.4, -0.2) is 31.3 Å². The van der Waals surface area contributed by atoms with Crippen molar-refractivity contribution in [2.75, 3.05) is 0 Å². The Hall–Kier alpha value is -1.15. The van der Waals surface area contributed by atoms with Gasteiger partial charge in [0, 0.05) is 0 Å². The van der Waals surface area contributed by atoms with Crippen LogP contribution in [0.25, 0.3) is 0 Å². The molecule has 0 unspecified atom stereocenters. The van der Waals surface area contributed by atoms with E-state index in [4.69, 9.17) is 5.21 Å². The molecule has 8 heteroatoms. The SMILES string of the molecule is O=C(Cn1nnnc1S)NO. The van der Waals surface area contributed by atoms with Gasteiger partial charge < -0.3 is 0 Å². The Kier molecular flexibility index (Phi) is 2.39. The minimum atomic E-state index is -0.604. The lowest BCUT2D eigenvalue weighted by molar-refractivity contribution is -0.130. The van der Waals surface area contributed by atoms with E-state index in [1.54, 1.807) is 0 Å². The van der Waals surface area contributed by atoms with Crippen molar-refractivity contribution in [1.29, 1.82) is 0 Å². The Morgan fingerprint density at radius 1 is 1.82 bits per heavy atom. The van der Waals surface area contributed by atoms with Crippen molar-refractivity contribution < 1.29 is 10.0 Å². The lowest BCUT2D eigenvalue weighted by Crippen LogP contribution is -2.24. The van der Waals surface area contributed by atoms with Gasteiger partial charge in [-0.05, 0) is 10.4 Å². The smallest absolute Gasteiger partial charge is 0.265 e. The number of nitrogens with zero attached hydrogens (tertiary/aromatic N) is 4. The maximum atomic E-state index is 10.5. The van der Waals surface area contributed by atoms with Crippen LogP contribution in [-0.2, 0) is 11.3 Å². The number of aromatic nitrogens is 4. The molecule has 60 valence electrons. The molecule has 7 nitrogen and oxygen atoms in total. The second-order valence-corrected chi connectivity index (χ2v) is 2.07. The largest absolute Gasteiger partial charge is 0.289 e. The summed E-state index contributed by atoms with van der Waals surface area (Å²) in [6.07, 6.45) is 0. The van der Waals surface area contributed by atoms with Crippen LogP contribution in [0.1, 0.15) is 0 Å². The zero-order chi connectivity index (χ0) is 8.27. The lowest BCUT2D eigenvalue weighted by atomic mass is 10.6. The van der Waals surface area contributed by atoms with E-state index < -0.39 is 5.91 Å². The Morgan fingerprint density at radius 2 is 2.55 bits per heavy atom. The number of thiol groups is 1. The topological polar surface area (TPSA) is 92.9 Å². The van der Waals surface area contributed by atoms with Crippen molar-refractivity contribution in [1.82, 2.24) is 25.7 Å². The molecule has 0 bridgehead atoms. The van der Waals surface area contributed by atoms with E-state index in [0.29, 0.717) is 0 Å². The van der Waals surface area contributed by atoms with E-state index in [1.165, 1.54) is 5.48 Å². The second kappa shape index (κ2) is 3.30. The summed E-state index contributed by atoms with van der Waals surface area (Å²) in [5.74, 6) is -0.604. The Labute approximate surface area is 66.8 Å². The van der Waals surface area contributed by atoms with Crippen molar-refractivity contribution >= 4 is 18.5 Å². The van der Waals surface area contributed by atoms with Gasteiger partial charge in [-0.15, -0.1) is 17.7 Å². The number of amides is 1. The van der Waals surface area contributed by atoms with E-state index in [2.05, 4.69) is 28.2 Å². The van der Waals surface area contributed by atoms with E-state index in [-0.39, 0.29) is 11.7 Å². The van der Waals surface area contributed by atoms with Gasteiger partial charge in [0.05, 0.1) is 0 Å². The maximum absolute atomic E-state index is 10.5. The minimum absolute atomic E-state index is 0.150. The number of hydrogen-bond acceptors (Lipinski definition) is 6. The van der Waals surface area contributed by atoms with Crippen LogP contribution in [0.2, 0.25) is 0 Å².